The summed E-state index contributed by atoms with van der Waals surface area (Å²) in [5.74, 6) is 2.40. The number of hydrogen-bond donors (Lipinski definition) is 2. The largest absolute Gasteiger partial charge is 0.497 e. The first-order valence-corrected chi connectivity index (χ1v) is 9.08. The Hall–Kier alpha value is -1.55. The maximum atomic E-state index is 5.72. The van der Waals surface area contributed by atoms with E-state index in [1.165, 1.54) is 4.88 Å². The Kier molecular flexibility index (Phi) is 10.3. The summed E-state index contributed by atoms with van der Waals surface area (Å²) in [5.41, 5.74) is 1.08. The Morgan fingerprint density at radius 2 is 2.00 bits per heavy atom. The fourth-order valence-corrected chi connectivity index (χ4v) is 3.16. The number of aliphatic imine (C=N–C) groups is 1. The zero-order chi connectivity index (χ0) is 18.1. The molecule has 0 amide bonds. The predicted molar refractivity (Wildman–Crippen MR) is 118 cm³/mol. The summed E-state index contributed by atoms with van der Waals surface area (Å²) >= 11 is 1.71. The number of ether oxygens (including phenoxy) is 2. The molecule has 26 heavy (non-hydrogen) atoms. The van der Waals surface area contributed by atoms with E-state index in [4.69, 9.17) is 9.47 Å². The molecule has 2 N–H and O–H groups in total. The summed E-state index contributed by atoms with van der Waals surface area (Å²) in [6.07, 6.45) is 0.872. The van der Waals surface area contributed by atoms with Gasteiger partial charge >= 0.3 is 0 Å². The molecule has 1 aromatic heterocycles. The van der Waals surface area contributed by atoms with Crippen LogP contribution in [0, 0.1) is 13.8 Å². The van der Waals surface area contributed by atoms with Crippen molar-refractivity contribution < 1.29 is 9.47 Å². The number of halogens is 1. The second kappa shape index (κ2) is 11.9. The molecular weight excluding hydrogens is 463 g/mol. The third-order valence-electron chi connectivity index (χ3n) is 3.56. The van der Waals surface area contributed by atoms with Gasteiger partial charge < -0.3 is 20.1 Å². The van der Waals surface area contributed by atoms with E-state index in [1.54, 1.807) is 25.5 Å². The molecule has 0 radical (unpaired) electrons. The monoisotopic (exact) mass is 490 g/mol. The molecule has 0 unspecified atom stereocenters. The molecule has 1 aromatic carbocycles. The minimum Gasteiger partial charge on any atom is -0.497 e. The highest BCUT2D eigenvalue weighted by Gasteiger charge is 2.05. The fourth-order valence-electron chi connectivity index (χ4n) is 2.28. The number of methoxy groups -OCH3 is 1. The van der Waals surface area contributed by atoms with Gasteiger partial charge in [-0.25, -0.2) is 4.98 Å². The molecule has 2 rings (SSSR count). The van der Waals surface area contributed by atoms with Crippen molar-refractivity contribution in [2.75, 3.05) is 27.3 Å². The lowest BCUT2D eigenvalue weighted by atomic mass is 10.3. The van der Waals surface area contributed by atoms with Crippen molar-refractivity contribution in [2.45, 2.75) is 26.8 Å². The molecule has 0 atom stereocenters. The van der Waals surface area contributed by atoms with E-state index in [0.717, 1.165) is 47.7 Å². The number of nitrogens with one attached hydrogen (secondary N) is 2. The van der Waals surface area contributed by atoms with Crippen LogP contribution in [0.3, 0.4) is 0 Å². The van der Waals surface area contributed by atoms with Crippen LogP contribution in [0.5, 0.6) is 11.5 Å². The Labute approximate surface area is 176 Å². The summed E-state index contributed by atoms with van der Waals surface area (Å²) in [6, 6.07) is 7.63. The molecule has 0 fully saturated rings. The van der Waals surface area contributed by atoms with Gasteiger partial charge in [-0.1, -0.05) is 6.07 Å². The Bertz CT molecular complexity index is 706. The Morgan fingerprint density at radius 1 is 1.23 bits per heavy atom. The van der Waals surface area contributed by atoms with Gasteiger partial charge in [0.1, 0.15) is 11.5 Å². The zero-order valence-corrected chi connectivity index (χ0v) is 18.8. The Morgan fingerprint density at radius 3 is 2.65 bits per heavy atom. The zero-order valence-electron chi connectivity index (χ0n) is 15.7. The van der Waals surface area contributed by atoms with Gasteiger partial charge in [0.15, 0.2) is 5.96 Å². The van der Waals surface area contributed by atoms with Crippen molar-refractivity contribution in [1.82, 2.24) is 15.6 Å². The summed E-state index contributed by atoms with van der Waals surface area (Å²) in [6.45, 7) is 6.20. The second-order valence-electron chi connectivity index (χ2n) is 5.48. The van der Waals surface area contributed by atoms with E-state index in [1.807, 2.05) is 38.1 Å². The van der Waals surface area contributed by atoms with Gasteiger partial charge in [0.05, 0.1) is 31.0 Å². The number of thiazole rings is 1. The lowest BCUT2D eigenvalue weighted by Gasteiger charge is -2.12. The number of nitrogens with zero attached hydrogens (tertiary/aromatic N) is 2. The van der Waals surface area contributed by atoms with Crippen LogP contribution >= 0.6 is 35.3 Å². The molecule has 0 spiro atoms. The lowest BCUT2D eigenvalue weighted by Crippen LogP contribution is -2.37. The summed E-state index contributed by atoms with van der Waals surface area (Å²) < 4.78 is 10.9. The smallest absolute Gasteiger partial charge is 0.191 e. The van der Waals surface area contributed by atoms with Crippen LogP contribution in [0.4, 0.5) is 0 Å². The summed E-state index contributed by atoms with van der Waals surface area (Å²) in [5, 5.41) is 7.70. The van der Waals surface area contributed by atoms with Crippen LogP contribution < -0.4 is 20.1 Å². The van der Waals surface area contributed by atoms with Crippen molar-refractivity contribution in [3.63, 3.8) is 0 Å². The van der Waals surface area contributed by atoms with Crippen LogP contribution in [-0.4, -0.2) is 38.3 Å². The second-order valence-corrected chi connectivity index (χ2v) is 6.76. The molecule has 0 saturated heterocycles. The molecule has 0 bridgehead atoms. The van der Waals surface area contributed by atoms with Gasteiger partial charge in [-0.05, 0) is 32.4 Å². The fraction of sp³-hybridized carbons (Fsp3) is 0.444. The Balaban J connectivity index is 0.00000338. The molecule has 0 aliphatic heterocycles. The maximum absolute atomic E-state index is 5.72. The first-order chi connectivity index (χ1) is 12.1. The van der Waals surface area contributed by atoms with Gasteiger partial charge in [0, 0.05) is 24.5 Å². The van der Waals surface area contributed by atoms with E-state index in [2.05, 4.69) is 20.6 Å². The molecular formula is C18H27IN4O2S. The van der Waals surface area contributed by atoms with Gasteiger partial charge in [-0.15, -0.1) is 35.3 Å². The van der Waals surface area contributed by atoms with E-state index < -0.39 is 0 Å². The average molecular weight is 490 g/mol. The van der Waals surface area contributed by atoms with Crippen LogP contribution in [0.1, 0.15) is 22.0 Å². The highest BCUT2D eigenvalue weighted by atomic mass is 127. The number of aromatic nitrogens is 1. The molecule has 6 nitrogen and oxygen atoms in total. The third kappa shape index (κ3) is 7.36. The molecule has 0 saturated carbocycles. The maximum Gasteiger partial charge on any atom is 0.191 e. The minimum absolute atomic E-state index is 0. The summed E-state index contributed by atoms with van der Waals surface area (Å²) in [4.78, 5) is 9.91. The van der Waals surface area contributed by atoms with E-state index >= 15 is 0 Å². The number of guanidine groups is 1. The highest BCUT2D eigenvalue weighted by molar-refractivity contribution is 14.0. The minimum atomic E-state index is 0. The summed E-state index contributed by atoms with van der Waals surface area (Å²) in [7, 11) is 3.42. The quantitative estimate of drug-likeness (QED) is 0.257. The van der Waals surface area contributed by atoms with E-state index in [0.29, 0.717) is 6.61 Å². The molecule has 0 aliphatic rings. The number of aryl methyl sites for hydroxylation is 2. The standard InChI is InChI=1S/C18H26N4O2S.HI/c1-13-17(25-14(2)22-13)12-21-18(19-3)20-9-6-10-24-16-8-5-7-15(11-16)23-4;/h5,7-8,11H,6,9-10,12H2,1-4H3,(H2,19,20,21);1H. The normalized spacial score (nSPS) is 10.8. The van der Waals surface area contributed by atoms with Gasteiger partial charge in [0.25, 0.3) is 0 Å². The third-order valence-corrected chi connectivity index (χ3v) is 4.64. The van der Waals surface area contributed by atoms with Crippen molar-refractivity contribution in [2.24, 2.45) is 4.99 Å². The lowest BCUT2D eigenvalue weighted by molar-refractivity contribution is 0.308. The molecule has 8 heteroatoms. The van der Waals surface area contributed by atoms with Crippen LogP contribution in [0.25, 0.3) is 0 Å². The molecule has 1 heterocycles. The number of hydrogen-bond acceptors (Lipinski definition) is 5. The SMILES string of the molecule is CN=C(NCCCOc1cccc(OC)c1)NCc1sc(C)nc1C.I. The first-order valence-electron chi connectivity index (χ1n) is 8.26. The molecule has 2 aromatic rings. The topological polar surface area (TPSA) is 67.8 Å². The number of rotatable bonds is 8. The average Bonchev–Trinajstić information content (AvgIpc) is 2.95. The predicted octanol–water partition coefficient (Wildman–Crippen LogP) is 3.52. The van der Waals surface area contributed by atoms with E-state index in [9.17, 15) is 0 Å². The van der Waals surface area contributed by atoms with Crippen molar-refractivity contribution in [3.05, 3.63) is 39.8 Å². The first kappa shape index (κ1) is 22.5. The van der Waals surface area contributed by atoms with Crippen molar-refractivity contribution in [1.29, 1.82) is 0 Å². The van der Waals surface area contributed by atoms with E-state index in [-0.39, 0.29) is 24.0 Å². The van der Waals surface area contributed by atoms with Crippen LogP contribution in [-0.2, 0) is 6.54 Å². The molecule has 144 valence electrons. The van der Waals surface area contributed by atoms with Crippen molar-refractivity contribution >= 4 is 41.3 Å². The van der Waals surface area contributed by atoms with Gasteiger partial charge in [-0.3, -0.25) is 4.99 Å². The van der Waals surface area contributed by atoms with Gasteiger partial charge in [-0.2, -0.15) is 0 Å². The van der Waals surface area contributed by atoms with Crippen LogP contribution in [0.15, 0.2) is 29.3 Å². The molecule has 0 aliphatic carbocycles. The number of benzene rings is 1. The highest BCUT2D eigenvalue weighted by Crippen LogP contribution is 2.19. The van der Waals surface area contributed by atoms with Crippen molar-refractivity contribution in [3.8, 4) is 11.5 Å². The van der Waals surface area contributed by atoms with Crippen LogP contribution in [0.2, 0.25) is 0 Å². The van der Waals surface area contributed by atoms with Gasteiger partial charge in [0.2, 0.25) is 0 Å².